The molecule has 11 heteroatoms. The van der Waals surface area contributed by atoms with Crippen molar-refractivity contribution in [3.63, 3.8) is 0 Å². The van der Waals surface area contributed by atoms with Crippen molar-refractivity contribution in [2.45, 2.75) is 37.5 Å². The third-order valence-corrected chi connectivity index (χ3v) is 6.36. The lowest BCUT2D eigenvalue weighted by molar-refractivity contribution is -0.137. The number of aromatic nitrogens is 2. The molecular formula is C21H18F4N4O2S. The molecule has 2 heterocycles. The number of nitrogens with zero attached hydrogens (tertiary/aromatic N) is 2. The van der Waals surface area contributed by atoms with Crippen molar-refractivity contribution in [1.29, 1.82) is 0 Å². The van der Waals surface area contributed by atoms with Crippen LogP contribution in [0.5, 0.6) is 0 Å². The normalized spacial score (nSPS) is 15.5. The van der Waals surface area contributed by atoms with E-state index < -0.39 is 34.9 Å². The Kier molecular flexibility index (Phi) is 5.87. The van der Waals surface area contributed by atoms with E-state index in [1.165, 1.54) is 17.5 Å². The highest BCUT2D eigenvalue weighted by atomic mass is 32.1. The van der Waals surface area contributed by atoms with E-state index in [9.17, 15) is 27.5 Å². The van der Waals surface area contributed by atoms with Gasteiger partial charge >= 0.3 is 12.2 Å². The number of thiazole rings is 1. The van der Waals surface area contributed by atoms with Gasteiger partial charge in [0.15, 0.2) is 0 Å². The first-order chi connectivity index (χ1) is 15.1. The van der Waals surface area contributed by atoms with Gasteiger partial charge in [0, 0.05) is 6.20 Å². The summed E-state index contributed by atoms with van der Waals surface area (Å²) < 4.78 is 52.2. The first-order valence-electron chi connectivity index (χ1n) is 9.74. The number of rotatable bonds is 4. The average molecular weight is 466 g/mol. The minimum Gasteiger partial charge on any atom is -0.383 e. The van der Waals surface area contributed by atoms with Gasteiger partial charge < -0.3 is 15.7 Å². The minimum atomic E-state index is -4.66. The standard InChI is InChI=1S/C21H18F4N4O2S/c22-14-5-3-12(21(23,24)25)9-16(14)29-19(30)28-13-4-6-15(26-10-13)17-11-27-18(32-17)20(31)7-1-2-8-20/h3-6,9-11,31H,1-2,7-8H2,(H2,28,29,30). The van der Waals surface area contributed by atoms with Gasteiger partial charge in [0.25, 0.3) is 0 Å². The molecule has 168 valence electrons. The van der Waals surface area contributed by atoms with Crippen molar-refractivity contribution in [2.75, 3.05) is 10.6 Å². The number of anilines is 2. The number of halogens is 4. The molecule has 0 atom stereocenters. The maximum Gasteiger partial charge on any atom is 0.416 e. The van der Waals surface area contributed by atoms with E-state index in [1.54, 1.807) is 18.3 Å². The molecule has 0 spiro atoms. The summed E-state index contributed by atoms with van der Waals surface area (Å²) in [6.45, 7) is 0. The minimum absolute atomic E-state index is 0.262. The van der Waals surface area contributed by atoms with Gasteiger partial charge in [0.05, 0.1) is 33.7 Å². The molecule has 0 unspecified atom stereocenters. The van der Waals surface area contributed by atoms with Crippen molar-refractivity contribution in [1.82, 2.24) is 9.97 Å². The summed E-state index contributed by atoms with van der Waals surface area (Å²) in [7, 11) is 0. The molecule has 32 heavy (non-hydrogen) atoms. The van der Waals surface area contributed by atoms with Gasteiger partial charge in [-0.15, -0.1) is 11.3 Å². The number of alkyl halides is 3. The Morgan fingerprint density at radius 1 is 1.06 bits per heavy atom. The van der Waals surface area contributed by atoms with Crippen molar-refractivity contribution in [2.24, 2.45) is 0 Å². The third-order valence-electron chi connectivity index (χ3n) is 5.15. The number of urea groups is 1. The second-order valence-corrected chi connectivity index (χ2v) is 8.50. The van der Waals surface area contributed by atoms with Crippen LogP contribution in [0.3, 0.4) is 0 Å². The van der Waals surface area contributed by atoms with Crippen LogP contribution in [0.4, 0.5) is 33.7 Å². The molecule has 4 rings (SSSR count). The fraction of sp³-hybridized carbons (Fsp3) is 0.286. The molecule has 0 bridgehead atoms. The number of benzene rings is 1. The number of nitrogens with one attached hydrogen (secondary N) is 2. The fourth-order valence-corrected chi connectivity index (χ4v) is 4.52. The van der Waals surface area contributed by atoms with Crippen molar-refractivity contribution in [3.8, 4) is 10.6 Å². The number of hydrogen-bond acceptors (Lipinski definition) is 5. The van der Waals surface area contributed by atoms with Crippen LogP contribution in [0.15, 0.2) is 42.7 Å². The summed E-state index contributed by atoms with van der Waals surface area (Å²) in [6.07, 6.45) is 1.60. The zero-order valence-electron chi connectivity index (χ0n) is 16.5. The second-order valence-electron chi connectivity index (χ2n) is 7.47. The monoisotopic (exact) mass is 466 g/mol. The maximum absolute atomic E-state index is 13.8. The summed E-state index contributed by atoms with van der Waals surface area (Å²) >= 11 is 1.35. The zero-order chi connectivity index (χ0) is 22.9. The van der Waals surface area contributed by atoms with Crippen LogP contribution in [-0.2, 0) is 11.8 Å². The summed E-state index contributed by atoms with van der Waals surface area (Å²) in [4.78, 5) is 21.4. The number of pyridine rings is 1. The molecule has 1 aliphatic rings. The van der Waals surface area contributed by atoms with E-state index in [0.29, 0.717) is 41.7 Å². The van der Waals surface area contributed by atoms with Crippen LogP contribution in [0.1, 0.15) is 36.3 Å². The summed E-state index contributed by atoms with van der Waals surface area (Å²) in [5.74, 6) is -0.994. The largest absolute Gasteiger partial charge is 0.416 e. The lowest BCUT2D eigenvalue weighted by Crippen LogP contribution is -2.20. The highest BCUT2D eigenvalue weighted by Crippen LogP contribution is 2.41. The van der Waals surface area contributed by atoms with Gasteiger partial charge in [-0.25, -0.2) is 14.2 Å². The van der Waals surface area contributed by atoms with Crippen LogP contribution in [0, 0.1) is 5.82 Å². The quantitative estimate of drug-likeness (QED) is 0.426. The molecule has 1 fully saturated rings. The van der Waals surface area contributed by atoms with Gasteiger partial charge in [-0.1, -0.05) is 12.8 Å². The molecule has 1 aromatic carbocycles. The molecule has 1 saturated carbocycles. The summed E-state index contributed by atoms with van der Waals surface area (Å²) in [6, 6.07) is 4.03. The Balaban J connectivity index is 1.42. The van der Waals surface area contributed by atoms with Gasteiger partial charge in [-0.3, -0.25) is 4.98 Å². The SMILES string of the molecule is O=C(Nc1ccc(-c2cnc(C3(O)CCCC3)s2)nc1)Nc1cc(C(F)(F)F)ccc1F. The van der Waals surface area contributed by atoms with Gasteiger partial charge in [0.1, 0.15) is 16.4 Å². The Morgan fingerprint density at radius 2 is 1.81 bits per heavy atom. The van der Waals surface area contributed by atoms with E-state index in [4.69, 9.17) is 0 Å². The Hall–Kier alpha value is -3.05. The van der Waals surface area contributed by atoms with Crippen LogP contribution < -0.4 is 10.6 Å². The van der Waals surface area contributed by atoms with Gasteiger partial charge in [-0.2, -0.15) is 13.2 Å². The predicted octanol–water partition coefficient (Wildman–Crippen LogP) is 5.77. The molecule has 1 aliphatic carbocycles. The molecule has 3 N–H and O–H groups in total. The molecular weight excluding hydrogens is 448 g/mol. The van der Waals surface area contributed by atoms with E-state index in [2.05, 4.69) is 20.6 Å². The lowest BCUT2D eigenvalue weighted by Gasteiger charge is -2.18. The van der Waals surface area contributed by atoms with Gasteiger partial charge in [-0.05, 0) is 43.2 Å². The lowest BCUT2D eigenvalue weighted by atomic mass is 10.0. The third kappa shape index (κ3) is 4.73. The van der Waals surface area contributed by atoms with Crippen molar-refractivity contribution >= 4 is 28.7 Å². The maximum atomic E-state index is 13.8. The van der Waals surface area contributed by atoms with Crippen LogP contribution in [-0.4, -0.2) is 21.1 Å². The molecule has 2 amide bonds. The number of amides is 2. The molecule has 0 aliphatic heterocycles. The number of hydrogen-bond donors (Lipinski definition) is 3. The first-order valence-corrected chi connectivity index (χ1v) is 10.6. The number of carbonyl (C=O) groups is 1. The molecule has 0 saturated heterocycles. The molecule has 6 nitrogen and oxygen atoms in total. The highest BCUT2D eigenvalue weighted by Gasteiger charge is 2.36. The first kappa shape index (κ1) is 22.2. The molecule has 3 aromatic rings. The second kappa shape index (κ2) is 8.47. The molecule has 2 aromatic heterocycles. The predicted molar refractivity (Wildman–Crippen MR) is 112 cm³/mol. The summed E-state index contributed by atoms with van der Waals surface area (Å²) in [5.41, 5.74) is -1.71. The average Bonchev–Trinajstić information content (AvgIpc) is 3.40. The van der Waals surface area contributed by atoms with E-state index >= 15 is 0 Å². The number of aliphatic hydroxyl groups is 1. The summed E-state index contributed by atoms with van der Waals surface area (Å²) in [5, 5.41) is 15.8. The highest BCUT2D eigenvalue weighted by molar-refractivity contribution is 7.15. The Bertz CT molecular complexity index is 1130. The number of carbonyl (C=O) groups excluding carboxylic acids is 1. The Morgan fingerprint density at radius 3 is 2.47 bits per heavy atom. The van der Waals surface area contributed by atoms with Crippen molar-refractivity contribution in [3.05, 3.63) is 59.1 Å². The Labute approximate surface area is 184 Å². The topological polar surface area (TPSA) is 87.1 Å². The van der Waals surface area contributed by atoms with Crippen LogP contribution in [0.2, 0.25) is 0 Å². The smallest absolute Gasteiger partial charge is 0.383 e. The van der Waals surface area contributed by atoms with Gasteiger partial charge in [0.2, 0.25) is 0 Å². The van der Waals surface area contributed by atoms with Crippen molar-refractivity contribution < 1.29 is 27.5 Å². The van der Waals surface area contributed by atoms with E-state index in [0.717, 1.165) is 17.7 Å². The fourth-order valence-electron chi connectivity index (χ4n) is 3.48. The zero-order valence-corrected chi connectivity index (χ0v) is 17.4. The molecule has 0 radical (unpaired) electrons. The van der Waals surface area contributed by atoms with Crippen LogP contribution >= 0.6 is 11.3 Å². The van der Waals surface area contributed by atoms with Crippen LogP contribution in [0.25, 0.3) is 10.6 Å². The van der Waals surface area contributed by atoms with E-state index in [-0.39, 0.29) is 5.69 Å². The van der Waals surface area contributed by atoms with E-state index in [1.807, 2.05) is 0 Å².